The molecule has 2 saturated heterocycles. The average molecular weight is 273 g/mol. The average Bonchev–Trinajstić information content (AvgIpc) is 2.88. The van der Waals surface area contributed by atoms with Gasteiger partial charge in [0.15, 0.2) is 0 Å². The third-order valence-corrected chi connectivity index (χ3v) is 4.92. The van der Waals surface area contributed by atoms with Gasteiger partial charge in [-0.2, -0.15) is 0 Å². The molecule has 2 atom stereocenters. The van der Waals surface area contributed by atoms with Crippen LogP contribution in [0.25, 0.3) is 0 Å². The summed E-state index contributed by atoms with van der Waals surface area (Å²) in [7, 11) is 2.24. The zero-order valence-electron chi connectivity index (χ0n) is 12.8. The minimum Gasteiger partial charge on any atom is -0.316 e. The Balaban J connectivity index is 1.76. The second-order valence-corrected chi connectivity index (χ2v) is 6.90. The predicted molar refractivity (Wildman–Crippen MR) is 83.8 cm³/mol. The quantitative estimate of drug-likeness (QED) is 0.908. The molecule has 20 heavy (non-hydrogen) atoms. The van der Waals surface area contributed by atoms with Crippen LogP contribution in [0.15, 0.2) is 30.3 Å². The molecule has 0 spiro atoms. The van der Waals surface area contributed by atoms with Crippen LogP contribution in [0, 0.1) is 5.41 Å². The Labute approximate surface area is 123 Å². The van der Waals surface area contributed by atoms with E-state index in [0.717, 1.165) is 6.54 Å². The lowest BCUT2D eigenvalue weighted by atomic mass is 9.87. The van der Waals surface area contributed by atoms with E-state index in [-0.39, 0.29) is 0 Å². The number of nitrogens with one attached hydrogen (secondary N) is 1. The summed E-state index contributed by atoms with van der Waals surface area (Å²) in [5.41, 5.74) is 1.91. The second-order valence-electron chi connectivity index (χ2n) is 6.90. The van der Waals surface area contributed by atoms with Crippen LogP contribution in [-0.4, -0.2) is 56.1 Å². The van der Waals surface area contributed by atoms with Crippen molar-refractivity contribution in [3.63, 3.8) is 0 Å². The Kier molecular flexibility index (Phi) is 4.11. The molecular weight excluding hydrogens is 246 g/mol. The van der Waals surface area contributed by atoms with Gasteiger partial charge in [-0.1, -0.05) is 37.3 Å². The lowest BCUT2D eigenvalue weighted by Crippen LogP contribution is -2.50. The molecule has 110 valence electrons. The summed E-state index contributed by atoms with van der Waals surface area (Å²) in [5.74, 6) is 0. The largest absolute Gasteiger partial charge is 0.316 e. The van der Waals surface area contributed by atoms with Crippen molar-refractivity contribution in [2.75, 3.05) is 46.3 Å². The van der Waals surface area contributed by atoms with Gasteiger partial charge in [-0.05, 0) is 31.0 Å². The smallest absolute Gasteiger partial charge is 0.0475 e. The molecule has 3 heteroatoms. The molecule has 0 aromatic heterocycles. The standard InChI is InChI=1S/C17H27N3/c1-17(8-9-18-13-17)14-20-11-10-19(2)12-16(20)15-6-4-3-5-7-15/h3-7,16,18H,8-14H2,1-2H3. The lowest BCUT2D eigenvalue weighted by molar-refractivity contribution is 0.0564. The molecule has 3 nitrogen and oxygen atoms in total. The first-order valence-corrected chi connectivity index (χ1v) is 7.85. The number of benzene rings is 1. The molecule has 0 bridgehead atoms. The van der Waals surface area contributed by atoms with Gasteiger partial charge in [0.1, 0.15) is 0 Å². The van der Waals surface area contributed by atoms with Crippen LogP contribution in [0.1, 0.15) is 24.9 Å². The van der Waals surface area contributed by atoms with Crippen molar-refractivity contribution in [3.05, 3.63) is 35.9 Å². The molecule has 2 heterocycles. The molecule has 2 aliphatic heterocycles. The Morgan fingerprint density at radius 3 is 2.75 bits per heavy atom. The molecule has 2 aliphatic rings. The van der Waals surface area contributed by atoms with E-state index in [9.17, 15) is 0 Å². The number of hydrogen-bond donors (Lipinski definition) is 1. The molecule has 1 aromatic rings. The fourth-order valence-electron chi connectivity index (χ4n) is 3.63. The van der Waals surface area contributed by atoms with Crippen molar-refractivity contribution >= 4 is 0 Å². The molecular formula is C17H27N3. The minimum atomic E-state index is 0.447. The summed E-state index contributed by atoms with van der Waals surface area (Å²) in [6, 6.07) is 11.6. The van der Waals surface area contributed by atoms with Crippen molar-refractivity contribution in [1.82, 2.24) is 15.1 Å². The first-order chi connectivity index (χ1) is 9.66. The SMILES string of the molecule is CN1CCN(CC2(C)CCNC2)C(c2ccccc2)C1. The van der Waals surface area contributed by atoms with Crippen molar-refractivity contribution in [2.45, 2.75) is 19.4 Å². The van der Waals surface area contributed by atoms with Crippen LogP contribution in [-0.2, 0) is 0 Å². The van der Waals surface area contributed by atoms with E-state index >= 15 is 0 Å². The highest BCUT2D eigenvalue weighted by molar-refractivity contribution is 5.20. The summed E-state index contributed by atoms with van der Waals surface area (Å²) in [5, 5.41) is 3.53. The topological polar surface area (TPSA) is 18.5 Å². The Bertz CT molecular complexity index is 425. The van der Waals surface area contributed by atoms with Gasteiger partial charge in [0.25, 0.3) is 0 Å². The van der Waals surface area contributed by atoms with Crippen LogP contribution >= 0.6 is 0 Å². The van der Waals surface area contributed by atoms with Crippen molar-refractivity contribution < 1.29 is 0 Å². The van der Waals surface area contributed by atoms with E-state index in [0.29, 0.717) is 11.5 Å². The van der Waals surface area contributed by atoms with Gasteiger partial charge in [-0.3, -0.25) is 4.90 Å². The summed E-state index contributed by atoms with van der Waals surface area (Å²) in [6.07, 6.45) is 1.31. The van der Waals surface area contributed by atoms with Crippen LogP contribution in [0.4, 0.5) is 0 Å². The maximum absolute atomic E-state index is 3.53. The van der Waals surface area contributed by atoms with Crippen LogP contribution in [0.5, 0.6) is 0 Å². The Morgan fingerprint density at radius 2 is 2.05 bits per heavy atom. The molecule has 0 radical (unpaired) electrons. The lowest BCUT2D eigenvalue weighted by Gasteiger charge is -2.43. The molecule has 1 N–H and O–H groups in total. The fourth-order valence-corrected chi connectivity index (χ4v) is 3.63. The number of piperazine rings is 1. The molecule has 1 aromatic carbocycles. The molecule has 0 aliphatic carbocycles. The third-order valence-electron chi connectivity index (χ3n) is 4.92. The highest BCUT2D eigenvalue weighted by Crippen LogP contribution is 2.32. The third kappa shape index (κ3) is 3.05. The van der Waals surface area contributed by atoms with Gasteiger partial charge in [-0.25, -0.2) is 0 Å². The summed E-state index contributed by atoms with van der Waals surface area (Å²) >= 11 is 0. The number of nitrogens with zero attached hydrogens (tertiary/aromatic N) is 2. The normalized spacial score (nSPS) is 32.6. The summed E-state index contributed by atoms with van der Waals surface area (Å²) < 4.78 is 0. The molecule has 2 unspecified atom stereocenters. The van der Waals surface area contributed by atoms with Gasteiger partial charge in [-0.15, -0.1) is 0 Å². The first kappa shape index (κ1) is 14.1. The maximum atomic E-state index is 3.53. The summed E-state index contributed by atoms with van der Waals surface area (Å²) in [6.45, 7) is 9.52. The van der Waals surface area contributed by atoms with Crippen LogP contribution in [0.3, 0.4) is 0 Å². The predicted octanol–water partition coefficient (Wildman–Crippen LogP) is 1.97. The monoisotopic (exact) mass is 273 g/mol. The van der Waals surface area contributed by atoms with Gasteiger partial charge >= 0.3 is 0 Å². The van der Waals surface area contributed by atoms with Crippen LogP contribution in [0.2, 0.25) is 0 Å². The van der Waals surface area contributed by atoms with E-state index in [2.05, 4.69) is 59.4 Å². The summed E-state index contributed by atoms with van der Waals surface area (Å²) in [4.78, 5) is 5.17. The van der Waals surface area contributed by atoms with Crippen molar-refractivity contribution in [2.24, 2.45) is 5.41 Å². The first-order valence-electron chi connectivity index (χ1n) is 7.85. The highest BCUT2D eigenvalue weighted by Gasteiger charge is 2.35. The molecule has 2 fully saturated rings. The van der Waals surface area contributed by atoms with E-state index in [4.69, 9.17) is 0 Å². The van der Waals surface area contributed by atoms with Crippen LogP contribution < -0.4 is 5.32 Å². The van der Waals surface area contributed by atoms with E-state index in [1.54, 1.807) is 0 Å². The number of rotatable bonds is 3. The van der Waals surface area contributed by atoms with Gasteiger partial charge < -0.3 is 10.2 Å². The number of likely N-dealkylation sites (N-methyl/N-ethyl adjacent to an activating group) is 1. The van der Waals surface area contributed by atoms with E-state index < -0.39 is 0 Å². The maximum Gasteiger partial charge on any atom is 0.0475 e. The van der Waals surface area contributed by atoms with Crippen molar-refractivity contribution in [3.8, 4) is 0 Å². The molecule has 3 rings (SSSR count). The molecule has 0 amide bonds. The zero-order valence-corrected chi connectivity index (χ0v) is 12.8. The van der Waals surface area contributed by atoms with Gasteiger partial charge in [0.2, 0.25) is 0 Å². The van der Waals surface area contributed by atoms with Crippen molar-refractivity contribution in [1.29, 1.82) is 0 Å². The number of hydrogen-bond acceptors (Lipinski definition) is 3. The second kappa shape index (κ2) is 5.84. The van der Waals surface area contributed by atoms with Gasteiger partial charge in [0, 0.05) is 38.8 Å². The van der Waals surface area contributed by atoms with Gasteiger partial charge in [0.05, 0.1) is 0 Å². The minimum absolute atomic E-state index is 0.447. The fraction of sp³-hybridized carbons (Fsp3) is 0.647. The Morgan fingerprint density at radius 1 is 1.25 bits per heavy atom. The molecule has 0 saturated carbocycles. The van der Waals surface area contributed by atoms with E-state index in [1.807, 2.05) is 0 Å². The Hall–Kier alpha value is -0.900. The highest BCUT2D eigenvalue weighted by atomic mass is 15.3. The van der Waals surface area contributed by atoms with E-state index in [1.165, 1.54) is 44.7 Å². The zero-order chi connectivity index (χ0) is 14.0.